The summed E-state index contributed by atoms with van der Waals surface area (Å²) in [7, 11) is 1.82. The van der Waals surface area contributed by atoms with Crippen molar-refractivity contribution < 1.29 is 9.90 Å². The normalized spacial score (nSPS) is 18.7. The minimum atomic E-state index is -0.634. The van der Waals surface area contributed by atoms with E-state index < -0.39 is 6.10 Å². The average Bonchev–Trinajstić information content (AvgIpc) is 3.16. The SMILES string of the molecule is CCC1NN=C(CN(C)C(=O)c2ccc(CCNC[C@H](O)c3ccc(Cl)nc3)cc2)C1C. The number of pyridine rings is 1. The van der Waals surface area contributed by atoms with E-state index in [1.165, 1.54) is 0 Å². The smallest absolute Gasteiger partial charge is 0.253 e. The Morgan fingerprint density at radius 2 is 2.03 bits per heavy atom. The van der Waals surface area contributed by atoms with Crippen molar-refractivity contribution >= 4 is 23.2 Å². The van der Waals surface area contributed by atoms with Gasteiger partial charge in [-0.2, -0.15) is 5.10 Å². The molecule has 3 N–H and O–H groups in total. The minimum Gasteiger partial charge on any atom is -0.387 e. The Bertz CT molecular complexity index is 917. The molecule has 1 aliphatic heterocycles. The van der Waals surface area contributed by atoms with Gasteiger partial charge in [0.25, 0.3) is 5.91 Å². The number of aromatic nitrogens is 1. The van der Waals surface area contributed by atoms with E-state index in [0.717, 1.165) is 29.7 Å². The van der Waals surface area contributed by atoms with E-state index in [9.17, 15) is 9.90 Å². The lowest BCUT2D eigenvalue weighted by Crippen LogP contribution is -2.35. The first kappa shape index (κ1) is 24.2. The molecule has 8 heteroatoms. The summed E-state index contributed by atoms with van der Waals surface area (Å²) < 4.78 is 0. The first-order valence-electron chi connectivity index (χ1n) is 11.1. The molecule has 1 aromatic heterocycles. The Balaban J connectivity index is 1.43. The summed E-state index contributed by atoms with van der Waals surface area (Å²) in [6.07, 6.45) is 2.76. The number of carbonyl (C=O) groups is 1. The van der Waals surface area contributed by atoms with E-state index in [1.54, 1.807) is 23.2 Å². The van der Waals surface area contributed by atoms with Gasteiger partial charge in [0.05, 0.1) is 24.4 Å². The highest BCUT2D eigenvalue weighted by Crippen LogP contribution is 2.17. The van der Waals surface area contributed by atoms with E-state index in [1.807, 2.05) is 31.3 Å². The maximum absolute atomic E-state index is 12.8. The van der Waals surface area contributed by atoms with Gasteiger partial charge in [-0.25, -0.2) is 4.98 Å². The first-order valence-corrected chi connectivity index (χ1v) is 11.4. The predicted molar refractivity (Wildman–Crippen MR) is 128 cm³/mol. The van der Waals surface area contributed by atoms with Crippen LogP contribution in [0.5, 0.6) is 0 Å². The fourth-order valence-corrected chi connectivity index (χ4v) is 3.87. The zero-order chi connectivity index (χ0) is 23.1. The predicted octanol–water partition coefficient (Wildman–Crippen LogP) is 3.05. The van der Waals surface area contributed by atoms with E-state index in [2.05, 4.69) is 34.7 Å². The molecule has 7 nitrogen and oxygen atoms in total. The molecule has 0 aliphatic carbocycles. The first-order chi connectivity index (χ1) is 15.4. The lowest BCUT2D eigenvalue weighted by molar-refractivity contribution is 0.0814. The number of nitrogens with zero attached hydrogens (tertiary/aromatic N) is 3. The van der Waals surface area contributed by atoms with Crippen LogP contribution < -0.4 is 10.7 Å². The van der Waals surface area contributed by atoms with Crippen LogP contribution in [0.4, 0.5) is 0 Å². The summed E-state index contributed by atoms with van der Waals surface area (Å²) in [4.78, 5) is 18.5. The Morgan fingerprint density at radius 1 is 1.28 bits per heavy atom. The zero-order valence-corrected chi connectivity index (χ0v) is 19.6. The monoisotopic (exact) mass is 457 g/mol. The van der Waals surface area contributed by atoms with Gasteiger partial charge in [0.1, 0.15) is 5.15 Å². The van der Waals surface area contributed by atoms with Crippen molar-refractivity contribution in [3.05, 3.63) is 64.4 Å². The standard InChI is InChI=1S/C24H32ClN5O2/c1-4-20-16(2)21(29-28-20)15-30(3)24(32)18-7-5-17(6-8-18)11-12-26-14-22(31)19-9-10-23(25)27-13-19/h5-10,13,16,20,22,26,28,31H,4,11-12,14-15H2,1-3H3/t16?,20?,22-/m0/s1. The number of carbonyl (C=O) groups excluding carboxylic acids is 1. The Labute approximate surface area is 194 Å². The number of aliphatic hydroxyl groups is 1. The van der Waals surface area contributed by atoms with Crippen LogP contribution in [0.15, 0.2) is 47.7 Å². The molecule has 2 unspecified atom stereocenters. The molecule has 3 atom stereocenters. The maximum Gasteiger partial charge on any atom is 0.253 e. The van der Waals surface area contributed by atoms with Crippen LogP contribution in [0.3, 0.4) is 0 Å². The van der Waals surface area contributed by atoms with Gasteiger partial charge < -0.3 is 20.7 Å². The number of halogens is 1. The molecule has 0 saturated heterocycles. The van der Waals surface area contributed by atoms with Crippen LogP contribution in [-0.2, 0) is 6.42 Å². The van der Waals surface area contributed by atoms with Crippen molar-refractivity contribution in [1.29, 1.82) is 0 Å². The van der Waals surface area contributed by atoms with E-state index in [4.69, 9.17) is 11.6 Å². The maximum atomic E-state index is 12.8. The van der Waals surface area contributed by atoms with Crippen molar-refractivity contribution in [1.82, 2.24) is 20.6 Å². The second kappa shape index (κ2) is 11.4. The van der Waals surface area contributed by atoms with Gasteiger partial charge >= 0.3 is 0 Å². The topological polar surface area (TPSA) is 89.9 Å². The van der Waals surface area contributed by atoms with Crippen LogP contribution >= 0.6 is 11.6 Å². The molecule has 0 spiro atoms. The van der Waals surface area contributed by atoms with Crippen LogP contribution in [0.2, 0.25) is 5.15 Å². The van der Waals surface area contributed by atoms with Gasteiger partial charge in [-0.15, -0.1) is 0 Å². The van der Waals surface area contributed by atoms with Gasteiger partial charge in [-0.05, 0) is 43.1 Å². The summed E-state index contributed by atoms with van der Waals surface area (Å²) >= 11 is 5.77. The van der Waals surface area contributed by atoms with Crippen LogP contribution in [-0.4, -0.2) is 59.3 Å². The van der Waals surface area contributed by atoms with E-state index >= 15 is 0 Å². The summed E-state index contributed by atoms with van der Waals surface area (Å²) in [5.74, 6) is 0.323. The average molecular weight is 458 g/mol. The van der Waals surface area contributed by atoms with Gasteiger partial charge in [-0.1, -0.05) is 43.6 Å². The highest BCUT2D eigenvalue weighted by molar-refractivity contribution is 6.29. The summed E-state index contributed by atoms with van der Waals surface area (Å²) in [5, 5.41) is 18.3. The van der Waals surface area contributed by atoms with Crippen molar-refractivity contribution in [3.63, 3.8) is 0 Å². The Kier molecular flexibility index (Phi) is 8.61. The molecule has 1 aliphatic rings. The number of hydrazone groups is 1. The van der Waals surface area contributed by atoms with Gasteiger partial charge in [0, 0.05) is 36.8 Å². The molecular formula is C24H32ClN5O2. The van der Waals surface area contributed by atoms with Crippen molar-refractivity contribution in [2.45, 2.75) is 38.8 Å². The van der Waals surface area contributed by atoms with Crippen LogP contribution in [0.1, 0.15) is 47.9 Å². The number of aliphatic hydroxyl groups excluding tert-OH is 1. The molecule has 2 aromatic rings. The highest BCUT2D eigenvalue weighted by Gasteiger charge is 2.27. The van der Waals surface area contributed by atoms with E-state index in [-0.39, 0.29) is 5.91 Å². The quantitative estimate of drug-likeness (QED) is 0.377. The number of hydrogen-bond donors (Lipinski definition) is 3. The number of benzene rings is 1. The van der Waals surface area contributed by atoms with Crippen LogP contribution in [0.25, 0.3) is 0 Å². The Morgan fingerprint density at radius 3 is 2.66 bits per heavy atom. The van der Waals surface area contributed by atoms with Gasteiger partial charge in [-0.3, -0.25) is 4.79 Å². The molecule has 2 heterocycles. The van der Waals surface area contributed by atoms with Crippen molar-refractivity contribution in [2.75, 3.05) is 26.7 Å². The van der Waals surface area contributed by atoms with Gasteiger partial charge in [0.15, 0.2) is 0 Å². The van der Waals surface area contributed by atoms with Crippen molar-refractivity contribution in [2.24, 2.45) is 11.0 Å². The van der Waals surface area contributed by atoms with E-state index in [0.29, 0.717) is 42.3 Å². The summed E-state index contributed by atoms with van der Waals surface area (Å²) in [6, 6.07) is 11.5. The third-order valence-corrected chi connectivity index (χ3v) is 6.18. The third kappa shape index (κ3) is 6.28. The largest absolute Gasteiger partial charge is 0.387 e. The number of hydrogen-bond acceptors (Lipinski definition) is 6. The number of rotatable bonds is 10. The zero-order valence-electron chi connectivity index (χ0n) is 18.9. The lowest BCUT2D eigenvalue weighted by Gasteiger charge is -2.20. The molecule has 1 aromatic carbocycles. The molecular weight excluding hydrogens is 426 g/mol. The second-order valence-corrected chi connectivity index (χ2v) is 8.67. The number of amides is 1. The minimum absolute atomic E-state index is 0.00998. The molecule has 0 fully saturated rings. The third-order valence-electron chi connectivity index (χ3n) is 5.95. The molecule has 0 radical (unpaired) electrons. The molecule has 0 saturated carbocycles. The summed E-state index contributed by atoms with van der Waals surface area (Å²) in [6.45, 7) is 5.97. The summed E-state index contributed by atoms with van der Waals surface area (Å²) in [5.41, 5.74) is 6.71. The fraction of sp³-hybridized carbons (Fsp3) is 0.458. The second-order valence-electron chi connectivity index (χ2n) is 8.28. The van der Waals surface area contributed by atoms with Gasteiger partial charge in [0.2, 0.25) is 0 Å². The molecule has 3 rings (SSSR count). The lowest BCUT2D eigenvalue weighted by atomic mass is 9.96. The molecule has 1 amide bonds. The number of nitrogens with one attached hydrogen (secondary N) is 2. The molecule has 172 valence electrons. The van der Waals surface area contributed by atoms with Crippen LogP contribution in [0, 0.1) is 5.92 Å². The van der Waals surface area contributed by atoms with Crippen molar-refractivity contribution in [3.8, 4) is 0 Å². The Hall–Kier alpha value is -2.48. The fourth-order valence-electron chi connectivity index (χ4n) is 3.76. The molecule has 0 bridgehead atoms. The highest BCUT2D eigenvalue weighted by atomic mass is 35.5. The molecule has 32 heavy (non-hydrogen) atoms.